The van der Waals surface area contributed by atoms with Crippen molar-refractivity contribution in [3.05, 3.63) is 35.6 Å². The van der Waals surface area contributed by atoms with Gasteiger partial charge in [0, 0.05) is 25.7 Å². The lowest BCUT2D eigenvalue weighted by atomic mass is 9.98. The molecule has 1 aliphatic rings. The molecule has 6 heteroatoms. The van der Waals surface area contributed by atoms with Crippen molar-refractivity contribution in [1.29, 1.82) is 0 Å². The average molecular weight is 350 g/mol. The normalized spacial score (nSPS) is 22.6. The number of nitrogens with zero attached hydrogens (tertiary/aromatic N) is 1. The van der Waals surface area contributed by atoms with Crippen LogP contribution >= 0.6 is 0 Å². The van der Waals surface area contributed by atoms with Gasteiger partial charge in [-0.2, -0.15) is 0 Å². The molecule has 0 spiro atoms. The van der Waals surface area contributed by atoms with Crippen molar-refractivity contribution in [3.8, 4) is 0 Å². The zero-order valence-corrected chi connectivity index (χ0v) is 15.5. The third-order valence-electron chi connectivity index (χ3n) is 5.20. The number of rotatable bonds is 8. The Morgan fingerprint density at radius 3 is 2.88 bits per heavy atom. The highest BCUT2D eigenvalue weighted by Gasteiger charge is 2.26. The van der Waals surface area contributed by atoms with E-state index in [9.17, 15) is 9.18 Å². The van der Waals surface area contributed by atoms with Crippen LogP contribution in [0.1, 0.15) is 51.1 Å². The first-order valence-electron chi connectivity index (χ1n) is 9.19. The van der Waals surface area contributed by atoms with E-state index in [0.717, 1.165) is 31.2 Å². The van der Waals surface area contributed by atoms with Gasteiger partial charge < -0.3 is 10.6 Å². The fourth-order valence-corrected chi connectivity index (χ4v) is 3.19. The van der Waals surface area contributed by atoms with Crippen LogP contribution in [0.4, 0.5) is 4.39 Å². The van der Waals surface area contributed by atoms with E-state index in [2.05, 4.69) is 10.9 Å². The fourth-order valence-electron chi connectivity index (χ4n) is 3.19. The topological polar surface area (TPSA) is 70.4 Å². The summed E-state index contributed by atoms with van der Waals surface area (Å²) in [6.45, 7) is 4.76. The van der Waals surface area contributed by atoms with Crippen LogP contribution in [0.2, 0.25) is 0 Å². The van der Waals surface area contributed by atoms with Gasteiger partial charge in [0.1, 0.15) is 5.82 Å². The molecule has 4 N–H and O–H groups in total. The Balaban J connectivity index is 1.73. The van der Waals surface area contributed by atoms with Crippen molar-refractivity contribution in [3.63, 3.8) is 0 Å². The minimum atomic E-state index is -0.418. The van der Waals surface area contributed by atoms with Gasteiger partial charge in [-0.15, -0.1) is 0 Å². The molecular weight excluding hydrogens is 319 g/mol. The van der Waals surface area contributed by atoms with Crippen molar-refractivity contribution in [2.45, 2.75) is 57.7 Å². The van der Waals surface area contributed by atoms with Crippen LogP contribution in [-0.2, 0) is 4.79 Å². The first-order valence-corrected chi connectivity index (χ1v) is 9.19. The Morgan fingerprint density at radius 1 is 1.44 bits per heavy atom. The standard InChI is InChI=1S/C19H31FN4O/c1-4-13(2)18(21)19(25)24(3)10-6-9-16-12-17(23-22-16)14-7-5-8-15(20)11-14/h5,7-8,11,13,16-18,22-23H,4,6,9-10,12,21H2,1-3H3. The molecule has 1 amide bonds. The van der Waals surface area contributed by atoms with E-state index >= 15 is 0 Å². The molecule has 140 valence electrons. The van der Waals surface area contributed by atoms with Gasteiger partial charge in [0.15, 0.2) is 0 Å². The molecule has 4 atom stereocenters. The van der Waals surface area contributed by atoms with Gasteiger partial charge in [-0.3, -0.25) is 15.6 Å². The quantitative estimate of drug-likeness (QED) is 0.673. The highest BCUT2D eigenvalue weighted by molar-refractivity contribution is 5.81. The van der Waals surface area contributed by atoms with Gasteiger partial charge in [0.05, 0.1) is 6.04 Å². The molecule has 0 saturated carbocycles. The number of carbonyl (C=O) groups excluding carboxylic acids is 1. The zero-order chi connectivity index (χ0) is 18.4. The highest BCUT2D eigenvalue weighted by atomic mass is 19.1. The van der Waals surface area contributed by atoms with Crippen LogP contribution < -0.4 is 16.6 Å². The van der Waals surface area contributed by atoms with Crippen molar-refractivity contribution >= 4 is 5.91 Å². The van der Waals surface area contributed by atoms with Crippen molar-refractivity contribution in [2.75, 3.05) is 13.6 Å². The van der Waals surface area contributed by atoms with Crippen LogP contribution in [0.3, 0.4) is 0 Å². The molecule has 0 aromatic heterocycles. The van der Waals surface area contributed by atoms with E-state index in [1.165, 1.54) is 6.07 Å². The average Bonchev–Trinajstić information content (AvgIpc) is 3.08. The number of carbonyl (C=O) groups is 1. The number of nitrogens with two attached hydrogens (primary N) is 1. The molecule has 1 aliphatic heterocycles. The Labute approximate surface area is 150 Å². The molecule has 25 heavy (non-hydrogen) atoms. The van der Waals surface area contributed by atoms with E-state index in [1.807, 2.05) is 27.0 Å². The Kier molecular flexibility index (Phi) is 7.35. The zero-order valence-electron chi connectivity index (χ0n) is 15.5. The minimum absolute atomic E-state index is 0.0180. The Morgan fingerprint density at radius 2 is 2.20 bits per heavy atom. The van der Waals surface area contributed by atoms with Crippen molar-refractivity contribution in [1.82, 2.24) is 15.8 Å². The maximum atomic E-state index is 13.3. The summed E-state index contributed by atoms with van der Waals surface area (Å²) in [5.74, 6) is 0.00713. The van der Waals surface area contributed by atoms with Gasteiger partial charge in [0.25, 0.3) is 0 Å². The van der Waals surface area contributed by atoms with Gasteiger partial charge in [-0.1, -0.05) is 32.4 Å². The second-order valence-corrected chi connectivity index (χ2v) is 7.14. The molecule has 2 rings (SSSR count). The lowest BCUT2D eigenvalue weighted by Crippen LogP contribution is -2.45. The maximum Gasteiger partial charge on any atom is 0.239 e. The van der Waals surface area contributed by atoms with E-state index in [0.29, 0.717) is 12.6 Å². The van der Waals surface area contributed by atoms with Gasteiger partial charge in [-0.25, -0.2) is 4.39 Å². The number of halogens is 1. The lowest BCUT2D eigenvalue weighted by molar-refractivity contribution is -0.132. The fraction of sp³-hybridized carbons (Fsp3) is 0.632. The third-order valence-corrected chi connectivity index (χ3v) is 5.20. The highest BCUT2D eigenvalue weighted by Crippen LogP contribution is 2.24. The third kappa shape index (κ3) is 5.49. The summed E-state index contributed by atoms with van der Waals surface area (Å²) >= 11 is 0. The van der Waals surface area contributed by atoms with Crippen LogP contribution in [0, 0.1) is 11.7 Å². The molecule has 0 radical (unpaired) electrons. The van der Waals surface area contributed by atoms with Crippen LogP contribution in [0.15, 0.2) is 24.3 Å². The molecule has 1 fully saturated rings. The number of hydrogen-bond acceptors (Lipinski definition) is 4. The Bertz CT molecular complexity index is 568. The van der Waals surface area contributed by atoms with Gasteiger partial charge in [-0.05, 0) is 42.9 Å². The molecular formula is C19H31FN4O. The lowest BCUT2D eigenvalue weighted by Gasteiger charge is -2.25. The maximum absolute atomic E-state index is 13.3. The van der Waals surface area contributed by atoms with E-state index in [1.54, 1.807) is 17.0 Å². The van der Waals surface area contributed by atoms with E-state index < -0.39 is 6.04 Å². The predicted molar refractivity (Wildman–Crippen MR) is 98.1 cm³/mol. The van der Waals surface area contributed by atoms with Crippen LogP contribution in [0.5, 0.6) is 0 Å². The van der Waals surface area contributed by atoms with Gasteiger partial charge >= 0.3 is 0 Å². The first-order chi connectivity index (χ1) is 11.9. The summed E-state index contributed by atoms with van der Waals surface area (Å²) in [5, 5.41) is 0. The van der Waals surface area contributed by atoms with Crippen LogP contribution in [-0.4, -0.2) is 36.5 Å². The number of amides is 1. The number of likely N-dealkylation sites (N-methyl/N-ethyl adjacent to an activating group) is 1. The molecule has 1 aromatic rings. The Hall–Kier alpha value is -1.50. The molecule has 0 aliphatic carbocycles. The molecule has 4 unspecified atom stereocenters. The summed E-state index contributed by atoms with van der Waals surface area (Å²) in [7, 11) is 1.82. The number of hydrazine groups is 1. The molecule has 0 bridgehead atoms. The summed E-state index contributed by atoms with van der Waals surface area (Å²) in [6.07, 6.45) is 3.67. The second-order valence-electron chi connectivity index (χ2n) is 7.14. The number of benzene rings is 1. The van der Waals surface area contributed by atoms with Crippen LogP contribution in [0.25, 0.3) is 0 Å². The second kappa shape index (κ2) is 9.27. The minimum Gasteiger partial charge on any atom is -0.344 e. The van der Waals surface area contributed by atoms with Crippen molar-refractivity contribution in [2.24, 2.45) is 11.7 Å². The predicted octanol–water partition coefficient (Wildman–Crippen LogP) is 2.35. The largest absolute Gasteiger partial charge is 0.344 e. The monoisotopic (exact) mass is 350 g/mol. The molecule has 1 aromatic carbocycles. The summed E-state index contributed by atoms with van der Waals surface area (Å²) in [5.41, 5.74) is 13.5. The first kappa shape index (κ1) is 19.8. The number of hydrogen-bond donors (Lipinski definition) is 3. The molecule has 5 nitrogen and oxygen atoms in total. The van der Waals surface area contributed by atoms with Crippen molar-refractivity contribution < 1.29 is 9.18 Å². The summed E-state index contributed by atoms with van der Waals surface area (Å²) in [4.78, 5) is 14.0. The summed E-state index contributed by atoms with van der Waals surface area (Å²) < 4.78 is 13.3. The smallest absolute Gasteiger partial charge is 0.239 e. The summed E-state index contributed by atoms with van der Waals surface area (Å²) in [6, 6.07) is 6.73. The molecule has 1 heterocycles. The van der Waals surface area contributed by atoms with Gasteiger partial charge in [0.2, 0.25) is 5.91 Å². The number of nitrogens with one attached hydrogen (secondary N) is 2. The SMILES string of the molecule is CCC(C)C(N)C(=O)N(C)CCCC1CC(c2cccc(F)c2)NN1. The van der Waals surface area contributed by atoms with E-state index in [-0.39, 0.29) is 23.7 Å². The molecule has 1 saturated heterocycles. The van der Waals surface area contributed by atoms with E-state index in [4.69, 9.17) is 5.73 Å².